The maximum Gasteiger partial charge on any atom is 0.0207 e. The van der Waals surface area contributed by atoms with E-state index in [1.165, 1.54) is 21.2 Å². The van der Waals surface area contributed by atoms with Gasteiger partial charge in [-0.25, -0.2) is 0 Å². The van der Waals surface area contributed by atoms with Crippen LogP contribution in [0.4, 0.5) is 0 Å². The lowest BCUT2D eigenvalue weighted by Crippen LogP contribution is -2.11. The first-order chi connectivity index (χ1) is 6.16. The highest BCUT2D eigenvalue weighted by atomic mass is 79.9. The van der Waals surface area contributed by atoms with Crippen LogP contribution in [0.25, 0.3) is 0 Å². The minimum absolute atomic E-state index is 1.04. The van der Waals surface area contributed by atoms with E-state index in [2.05, 4.69) is 47.2 Å². The first kappa shape index (κ1) is 10.7. The zero-order valence-electron chi connectivity index (χ0n) is 8.45. The Morgan fingerprint density at radius 2 is 1.92 bits per heavy atom. The Hall–Kier alpha value is -0.340. The van der Waals surface area contributed by atoms with Crippen LogP contribution in [0, 0.1) is 13.8 Å². The Morgan fingerprint density at radius 3 is 2.54 bits per heavy atom. The Labute approximate surface area is 88.7 Å². The molecular formula is C11H16BrN. The number of nitrogens with one attached hydrogen (secondary N) is 1. The zero-order valence-corrected chi connectivity index (χ0v) is 10.0. The van der Waals surface area contributed by atoms with Crippen molar-refractivity contribution in [3.05, 3.63) is 33.3 Å². The van der Waals surface area contributed by atoms with Crippen molar-refractivity contribution < 1.29 is 0 Å². The zero-order chi connectivity index (χ0) is 9.84. The molecule has 0 heterocycles. The third-order valence-electron chi connectivity index (χ3n) is 2.48. The van der Waals surface area contributed by atoms with Gasteiger partial charge in [-0.05, 0) is 56.6 Å². The van der Waals surface area contributed by atoms with Crippen LogP contribution >= 0.6 is 15.9 Å². The van der Waals surface area contributed by atoms with Crippen molar-refractivity contribution in [1.82, 2.24) is 5.32 Å². The van der Waals surface area contributed by atoms with E-state index in [0.717, 1.165) is 13.0 Å². The molecule has 1 rings (SSSR count). The minimum atomic E-state index is 1.04. The van der Waals surface area contributed by atoms with Crippen molar-refractivity contribution in [3.63, 3.8) is 0 Å². The fourth-order valence-corrected chi connectivity index (χ4v) is 1.80. The topological polar surface area (TPSA) is 12.0 Å². The van der Waals surface area contributed by atoms with E-state index in [4.69, 9.17) is 0 Å². The van der Waals surface area contributed by atoms with Crippen LogP contribution in [0.15, 0.2) is 16.6 Å². The van der Waals surface area contributed by atoms with E-state index in [9.17, 15) is 0 Å². The van der Waals surface area contributed by atoms with Gasteiger partial charge in [0, 0.05) is 4.47 Å². The highest BCUT2D eigenvalue weighted by molar-refractivity contribution is 9.10. The molecule has 72 valence electrons. The predicted molar refractivity (Wildman–Crippen MR) is 61.2 cm³/mol. The molecule has 0 aliphatic heterocycles. The van der Waals surface area contributed by atoms with Gasteiger partial charge in [0.1, 0.15) is 0 Å². The molecule has 0 aliphatic rings. The summed E-state index contributed by atoms with van der Waals surface area (Å²) in [5.41, 5.74) is 4.20. The summed E-state index contributed by atoms with van der Waals surface area (Å²) in [7, 11) is 1.99. The average molecular weight is 242 g/mol. The quantitative estimate of drug-likeness (QED) is 0.859. The molecule has 0 saturated carbocycles. The molecule has 0 atom stereocenters. The van der Waals surface area contributed by atoms with Gasteiger partial charge in [0.2, 0.25) is 0 Å². The van der Waals surface area contributed by atoms with Gasteiger partial charge in [-0.2, -0.15) is 0 Å². The SMILES string of the molecule is CNCCc1ccc(Br)c(C)c1C. The van der Waals surface area contributed by atoms with Gasteiger partial charge < -0.3 is 5.32 Å². The molecule has 0 amide bonds. The Kier molecular flexibility index (Phi) is 3.94. The second kappa shape index (κ2) is 4.77. The van der Waals surface area contributed by atoms with Gasteiger partial charge in [-0.15, -0.1) is 0 Å². The van der Waals surface area contributed by atoms with Crippen molar-refractivity contribution in [3.8, 4) is 0 Å². The van der Waals surface area contributed by atoms with Gasteiger partial charge in [0.25, 0.3) is 0 Å². The third kappa shape index (κ3) is 2.55. The van der Waals surface area contributed by atoms with Crippen LogP contribution in [0.5, 0.6) is 0 Å². The lowest BCUT2D eigenvalue weighted by Gasteiger charge is -2.09. The van der Waals surface area contributed by atoms with Crippen LogP contribution in [-0.2, 0) is 6.42 Å². The van der Waals surface area contributed by atoms with E-state index < -0.39 is 0 Å². The number of hydrogen-bond donors (Lipinski definition) is 1. The van der Waals surface area contributed by atoms with Crippen molar-refractivity contribution in [2.24, 2.45) is 0 Å². The molecule has 13 heavy (non-hydrogen) atoms. The Balaban J connectivity index is 2.90. The molecule has 0 aromatic heterocycles. The lowest BCUT2D eigenvalue weighted by atomic mass is 10.0. The summed E-state index contributed by atoms with van der Waals surface area (Å²) in [6.45, 7) is 5.38. The monoisotopic (exact) mass is 241 g/mol. The fourth-order valence-electron chi connectivity index (χ4n) is 1.37. The molecule has 0 spiro atoms. The molecule has 1 aromatic carbocycles. The van der Waals surface area contributed by atoms with Crippen molar-refractivity contribution in [2.45, 2.75) is 20.3 Å². The molecule has 0 unspecified atom stereocenters. The molecule has 2 heteroatoms. The highest BCUT2D eigenvalue weighted by Crippen LogP contribution is 2.22. The summed E-state index contributed by atoms with van der Waals surface area (Å²) in [6.07, 6.45) is 1.11. The maximum atomic E-state index is 3.53. The highest BCUT2D eigenvalue weighted by Gasteiger charge is 2.03. The predicted octanol–water partition coefficient (Wildman–Crippen LogP) is 2.83. The normalized spacial score (nSPS) is 10.5. The molecule has 1 aromatic rings. The van der Waals surface area contributed by atoms with Crippen molar-refractivity contribution in [2.75, 3.05) is 13.6 Å². The standard InChI is InChI=1S/C11H16BrN/c1-8-9(2)11(12)5-4-10(8)6-7-13-3/h4-5,13H,6-7H2,1-3H3. The van der Waals surface area contributed by atoms with E-state index in [-0.39, 0.29) is 0 Å². The number of hydrogen-bond acceptors (Lipinski definition) is 1. The average Bonchev–Trinajstić information content (AvgIpc) is 2.13. The molecule has 0 saturated heterocycles. The number of likely N-dealkylation sites (N-methyl/N-ethyl adjacent to an activating group) is 1. The third-order valence-corrected chi connectivity index (χ3v) is 3.34. The summed E-state index contributed by atoms with van der Waals surface area (Å²) in [5, 5.41) is 3.17. The van der Waals surface area contributed by atoms with Gasteiger partial charge in [-0.1, -0.05) is 22.0 Å². The summed E-state index contributed by atoms with van der Waals surface area (Å²) >= 11 is 3.53. The Bertz CT molecular complexity index is 294. The van der Waals surface area contributed by atoms with Crippen LogP contribution in [0.2, 0.25) is 0 Å². The van der Waals surface area contributed by atoms with E-state index in [1.807, 2.05) is 7.05 Å². The summed E-state index contributed by atoms with van der Waals surface area (Å²) in [4.78, 5) is 0. The van der Waals surface area contributed by atoms with E-state index in [1.54, 1.807) is 0 Å². The number of benzene rings is 1. The molecule has 1 nitrogen and oxygen atoms in total. The number of rotatable bonds is 3. The molecule has 1 N–H and O–H groups in total. The first-order valence-corrected chi connectivity index (χ1v) is 5.35. The minimum Gasteiger partial charge on any atom is -0.319 e. The van der Waals surface area contributed by atoms with Crippen LogP contribution in [-0.4, -0.2) is 13.6 Å². The van der Waals surface area contributed by atoms with Gasteiger partial charge >= 0.3 is 0 Å². The van der Waals surface area contributed by atoms with Gasteiger partial charge in [-0.3, -0.25) is 0 Å². The molecular weight excluding hydrogens is 226 g/mol. The van der Waals surface area contributed by atoms with E-state index >= 15 is 0 Å². The smallest absolute Gasteiger partial charge is 0.0207 e. The largest absolute Gasteiger partial charge is 0.319 e. The first-order valence-electron chi connectivity index (χ1n) is 4.56. The number of halogens is 1. The summed E-state index contributed by atoms with van der Waals surface area (Å²) in [6, 6.07) is 4.33. The van der Waals surface area contributed by atoms with Crippen LogP contribution in [0.1, 0.15) is 16.7 Å². The maximum absolute atomic E-state index is 3.53. The molecule has 0 fully saturated rings. The molecule has 0 bridgehead atoms. The van der Waals surface area contributed by atoms with Crippen LogP contribution < -0.4 is 5.32 Å². The lowest BCUT2D eigenvalue weighted by molar-refractivity contribution is 0.787. The van der Waals surface area contributed by atoms with Crippen molar-refractivity contribution >= 4 is 15.9 Å². The second-order valence-corrected chi connectivity index (χ2v) is 4.16. The van der Waals surface area contributed by atoms with Gasteiger partial charge in [0.15, 0.2) is 0 Å². The molecule has 0 radical (unpaired) electrons. The van der Waals surface area contributed by atoms with Gasteiger partial charge in [0.05, 0.1) is 0 Å². The Morgan fingerprint density at radius 1 is 1.23 bits per heavy atom. The second-order valence-electron chi connectivity index (χ2n) is 3.31. The fraction of sp³-hybridized carbons (Fsp3) is 0.455. The van der Waals surface area contributed by atoms with Crippen molar-refractivity contribution in [1.29, 1.82) is 0 Å². The summed E-state index contributed by atoms with van der Waals surface area (Å²) in [5.74, 6) is 0. The summed E-state index contributed by atoms with van der Waals surface area (Å²) < 4.78 is 1.21. The van der Waals surface area contributed by atoms with Crippen LogP contribution in [0.3, 0.4) is 0 Å². The van der Waals surface area contributed by atoms with E-state index in [0.29, 0.717) is 0 Å². The molecule has 0 aliphatic carbocycles.